The fourth-order valence-corrected chi connectivity index (χ4v) is 0.891. The lowest BCUT2D eigenvalue weighted by molar-refractivity contribution is 0.403. The topological polar surface area (TPSA) is 66.5 Å². The molecule has 4 heteroatoms. The molecule has 0 saturated heterocycles. The maximum atomic E-state index is 9.04. The van der Waals surface area contributed by atoms with E-state index in [1.54, 1.807) is 6.07 Å². The summed E-state index contributed by atoms with van der Waals surface area (Å²) in [5.74, 6) is -0.179. The average molecular weight is 164 g/mol. The van der Waals surface area contributed by atoms with Gasteiger partial charge in [0.1, 0.15) is 0 Å². The smallest absolute Gasteiger partial charge is 0.157 e. The van der Waals surface area contributed by atoms with Crippen LogP contribution in [-0.2, 0) is 6.42 Å². The molecule has 0 aliphatic heterocycles. The van der Waals surface area contributed by atoms with Gasteiger partial charge in [-0.2, -0.15) is 0 Å². The molecule has 1 aromatic rings. The maximum Gasteiger partial charge on any atom is 0.157 e. The second-order valence-electron chi connectivity index (χ2n) is 2.36. The summed E-state index contributed by atoms with van der Waals surface area (Å²) >= 11 is 0. The van der Waals surface area contributed by atoms with E-state index in [9.17, 15) is 0 Å². The third-order valence-corrected chi connectivity index (χ3v) is 1.47. The molecule has 4 N–H and O–H groups in total. The van der Waals surface area contributed by atoms with E-state index < -0.39 is 0 Å². The van der Waals surface area contributed by atoms with Gasteiger partial charge in [0.2, 0.25) is 0 Å². The summed E-state index contributed by atoms with van der Waals surface area (Å²) in [6.45, 7) is 0.546. The SMILES string of the molecule is NCCc1ccc(O)c(O)c1.[B]. The Kier molecular flexibility index (Phi) is 4.22. The average Bonchev–Trinajstić information content (AvgIpc) is 1.98. The van der Waals surface area contributed by atoms with Crippen LogP contribution in [0.1, 0.15) is 5.56 Å². The van der Waals surface area contributed by atoms with Crippen LogP contribution in [0, 0.1) is 0 Å². The summed E-state index contributed by atoms with van der Waals surface area (Å²) in [6.07, 6.45) is 0.716. The summed E-state index contributed by atoms with van der Waals surface area (Å²) in [5.41, 5.74) is 6.24. The van der Waals surface area contributed by atoms with E-state index in [1.807, 2.05) is 0 Å². The van der Waals surface area contributed by atoms with Crippen LogP contribution in [0.15, 0.2) is 18.2 Å². The van der Waals surface area contributed by atoms with Crippen molar-refractivity contribution in [2.45, 2.75) is 6.42 Å². The van der Waals surface area contributed by atoms with Gasteiger partial charge in [-0.1, -0.05) is 6.07 Å². The fraction of sp³-hybridized carbons (Fsp3) is 0.250. The Morgan fingerprint density at radius 3 is 2.33 bits per heavy atom. The number of phenolic OH excluding ortho intramolecular Hbond substituents is 2. The number of hydrogen-bond donors (Lipinski definition) is 3. The Balaban J connectivity index is 0.00000121. The van der Waals surface area contributed by atoms with Gasteiger partial charge in [0.25, 0.3) is 0 Å². The highest BCUT2D eigenvalue weighted by atomic mass is 16.3. The summed E-state index contributed by atoms with van der Waals surface area (Å²) in [5, 5.41) is 18.0. The molecule has 0 fully saturated rings. The molecule has 1 aromatic carbocycles. The molecule has 0 heterocycles. The number of nitrogens with two attached hydrogens (primary N) is 1. The monoisotopic (exact) mass is 164 g/mol. The zero-order chi connectivity index (χ0) is 8.27. The third-order valence-electron chi connectivity index (χ3n) is 1.47. The first-order valence-electron chi connectivity index (χ1n) is 3.45. The van der Waals surface area contributed by atoms with Gasteiger partial charge in [-0.3, -0.25) is 0 Å². The molecule has 3 nitrogen and oxygen atoms in total. The van der Waals surface area contributed by atoms with Gasteiger partial charge >= 0.3 is 0 Å². The van der Waals surface area contributed by atoms with E-state index in [-0.39, 0.29) is 19.9 Å². The lowest BCUT2D eigenvalue weighted by Crippen LogP contribution is -2.02. The van der Waals surface area contributed by atoms with Crippen molar-refractivity contribution in [2.75, 3.05) is 6.54 Å². The van der Waals surface area contributed by atoms with Crippen molar-refractivity contribution >= 4 is 8.41 Å². The highest BCUT2D eigenvalue weighted by Gasteiger charge is 1.98. The van der Waals surface area contributed by atoms with E-state index in [2.05, 4.69) is 0 Å². The quantitative estimate of drug-likeness (QED) is 0.432. The Labute approximate surface area is 73.4 Å². The number of rotatable bonds is 2. The van der Waals surface area contributed by atoms with Crippen LogP contribution < -0.4 is 5.73 Å². The Morgan fingerprint density at radius 2 is 1.83 bits per heavy atom. The van der Waals surface area contributed by atoms with Crippen molar-refractivity contribution in [1.29, 1.82) is 0 Å². The first-order chi connectivity index (χ1) is 5.24. The van der Waals surface area contributed by atoms with Crippen LogP contribution >= 0.6 is 0 Å². The van der Waals surface area contributed by atoms with E-state index in [0.29, 0.717) is 13.0 Å². The largest absolute Gasteiger partial charge is 0.504 e. The standard InChI is InChI=1S/C8H11NO2.B/c9-4-3-6-1-2-7(10)8(11)5-6;/h1-2,5,10-11H,3-4,9H2;. The molecule has 0 bridgehead atoms. The second-order valence-corrected chi connectivity index (χ2v) is 2.36. The molecule has 0 aliphatic rings. The van der Waals surface area contributed by atoms with E-state index in [4.69, 9.17) is 15.9 Å². The summed E-state index contributed by atoms with van der Waals surface area (Å²) in [4.78, 5) is 0. The molecular formula is C8H11BNO2. The molecule has 0 atom stereocenters. The predicted octanol–water partition coefficient (Wildman–Crippen LogP) is 0.218. The number of benzene rings is 1. The number of hydrogen-bond acceptors (Lipinski definition) is 3. The van der Waals surface area contributed by atoms with Crippen molar-refractivity contribution in [2.24, 2.45) is 5.73 Å². The van der Waals surface area contributed by atoms with Gasteiger partial charge in [0.05, 0.1) is 0 Å². The molecule has 0 aromatic heterocycles. The van der Waals surface area contributed by atoms with Crippen molar-refractivity contribution in [3.8, 4) is 11.5 Å². The maximum absolute atomic E-state index is 9.04. The minimum absolute atomic E-state index is 0. The van der Waals surface area contributed by atoms with Gasteiger partial charge < -0.3 is 15.9 Å². The van der Waals surface area contributed by atoms with Gasteiger partial charge in [-0.05, 0) is 30.7 Å². The minimum Gasteiger partial charge on any atom is -0.504 e. The molecule has 3 radical (unpaired) electrons. The Bertz CT molecular complexity index is 253. The second kappa shape index (κ2) is 4.67. The normalized spacial score (nSPS) is 9.08. The van der Waals surface area contributed by atoms with Crippen molar-refractivity contribution in [3.63, 3.8) is 0 Å². The van der Waals surface area contributed by atoms with Crippen LogP contribution in [0.25, 0.3) is 0 Å². The number of aromatic hydroxyl groups is 2. The molecule has 0 unspecified atom stereocenters. The fourth-order valence-electron chi connectivity index (χ4n) is 0.891. The van der Waals surface area contributed by atoms with Crippen LogP contribution in [0.3, 0.4) is 0 Å². The molecule has 0 saturated carbocycles. The van der Waals surface area contributed by atoms with Gasteiger partial charge in [-0.15, -0.1) is 0 Å². The predicted molar refractivity (Wildman–Crippen MR) is 48.3 cm³/mol. The van der Waals surface area contributed by atoms with Crippen molar-refractivity contribution < 1.29 is 10.2 Å². The summed E-state index contributed by atoms with van der Waals surface area (Å²) in [6, 6.07) is 4.71. The first-order valence-corrected chi connectivity index (χ1v) is 3.45. The van der Waals surface area contributed by atoms with E-state index >= 15 is 0 Å². The van der Waals surface area contributed by atoms with Crippen LogP contribution in [-0.4, -0.2) is 25.2 Å². The molecular weight excluding hydrogens is 153 g/mol. The number of phenols is 2. The van der Waals surface area contributed by atoms with Crippen LogP contribution in [0.4, 0.5) is 0 Å². The zero-order valence-electron chi connectivity index (χ0n) is 6.70. The minimum atomic E-state index is -0.0919. The third kappa shape index (κ3) is 2.47. The lowest BCUT2D eigenvalue weighted by atomic mass is 10.1. The Hall–Kier alpha value is -1.16. The molecule has 1 rings (SSSR count). The van der Waals surface area contributed by atoms with Gasteiger partial charge in [-0.25, -0.2) is 0 Å². The molecule has 0 amide bonds. The van der Waals surface area contributed by atoms with Gasteiger partial charge in [0, 0.05) is 8.41 Å². The molecule has 12 heavy (non-hydrogen) atoms. The summed E-state index contributed by atoms with van der Waals surface area (Å²) < 4.78 is 0. The molecule has 0 aliphatic carbocycles. The zero-order valence-corrected chi connectivity index (χ0v) is 6.70. The Morgan fingerprint density at radius 1 is 1.17 bits per heavy atom. The van der Waals surface area contributed by atoms with Crippen LogP contribution in [0.2, 0.25) is 0 Å². The van der Waals surface area contributed by atoms with E-state index in [1.165, 1.54) is 12.1 Å². The lowest BCUT2D eigenvalue weighted by Gasteiger charge is -2.00. The summed E-state index contributed by atoms with van der Waals surface area (Å²) in [7, 11) is 0. The van der Waals surface area contributed by atoms with Gasteiger partial charge in [0.15, 0.2) is 11.5 Å². The molecule has 0 spiro atoms. The highest BCUT2D eigenvalue weighted by Crippen LogP contribution is 2.24. The first kappa shape index (κ1) is 10.8. The van der Waals surface area contributed by atoms with Crippen molar-refractivity contribution in [1.82, 2.24) is 0 Å². The molecule has 63 valence electrons. The van der Waals surface area contributed by atoms with E-state index in [0.717, 1.165) is 5.56 Å². The van der Waals surface area contributed by atoms with Crippen LogP contribution in [0.5, 0.6) is 11.5 Å². The highest BCUT2D eigenvalue weighted by molar-refractivity contribution is 5.75. The van der Waals surface area contributed by atoms with Crippen molar-refractivity contribution in [3.05, 3.63) is 23.8 Å².